The number of nitrogens with zero attached hydrogens (tertiary/aromatic N) is 1. The van der Waals surface area contributed by atoms with E-state index in [0.717, 1.165) is 36.2 Å². The third-order valence-electron chi connectivity index (χ3n) is 4.21. The van der Waals surface area contributed by atoms with Crippen molar-refractivity contribution in [3.05, 3.63) is 65.2 Å². The summed E-state index contributed by atoms with van der Waals surface area (Å²) in [4.78, 5) is 26.0. The first-order valence-corrected chi connectivity index (χ1v) is 8.13. The van der Waals surface area contributed by atoms with Crippen LogP contribution < -0.4 is 10.2 Å². The molecule has 2 amide bonds. The fourth-order valence-electron chi connectivity index (χ4n) is 2.92. The molecule has 1 N–H and O–H groups in total. The Kier molecular flexibility index (Phi) is 5.07. The number of carbonyl (C=O) groups excluding carboxylic acids is 2. The molecule has 0 saturated heterocycles. The van der Waals surface area contributed by atoms with E-state index in [9.17, 15) is 18.4 Å². The Morgan fingerprint density at radius 2 is 1.92 bits per heavy atom. The van der Waals surface area contributed by atoms with Gasteiger partial charge in [0.05, 0.1) is 0 Å². The summed E-state index contributed by atoms with van der Waals surface area (Å²) in [6.07, 6.45) is 1.92. The molecule has 0 bridgehead atoms. The summed E-state index contributed by atoms with van der Waals surface area (Å²) >= 11 is 0. The lowest BCUT2D eigenvalue weighted by Gasteiger charge is -2.22. The van der Waals surface area contributed by atoms with Crippen LogP contribution in [0.3, 0.4) is 0 Å². The second-order valence-electron chi connectivity index (χ2n) is 5.97. The molecule has 0 saturated carbocycles. The van der Waals surface area contributed by atoms with Gasteiger partial charge in [0.15, 0.2) is 0 Å². The number of aryl methyl sites for hydroxylation is 1. The van der Waals surface area contributed by atoms with Gasteiger partial charge in [-0.2, -0.15) is 0 Å². The highest BCUT2D eigenvalue weighted by molar-refractivity contribution is 5.99. The Labute approximate surface area is 144 Å². The van der Waals surface area contributed by atoms with Gasteiger partial charge in [0, 0.05) is 30.3 Å². The molecular formula is C19H18F2N2O2. The number of nitrogens with one attached hydrogen (secondary N) is 1. The molecule has 0 atom stereocenters. The first-order valence-electron chi connectivity index (χ1n) is 8.13. The Balaban J connectivity index is 1.68. The summed E-state index contributed by atoms with van der Waals surface area (Å²) < 4.78 is 26.5. The van der Waals surface area contributed by atoms with E-state index < -0.39 is 17.5 Å². The SMILES string of the molecule is O=C(CN1C(=O)CCCc2ccccc21)NCc1ccc(F)cc1F. The topological polar surface area (TPSA) is 49.4 Å². The number of fused-ring (bicyclic) bond motifs is 1. The predicted molar refractivity (Wildman–Crippen MR) is 89.9 cm³/mol. The number of hydrogen-bond acceptors (Lipinski definition) is 2. The molecule has 0 radical (unpaired) electrons. The van der Waals surface area contributed by atoms with E-state index in [1.165, 1.54) is 11.0 Å². The number of rotatable bonds is 4. The lowest BCUT2D eigenvalue weighted by Crippen LogP contribution is -2.40. The number of amides is 2. The minimum absolute atomic E-state index is 0.0609. The van der Waals surface area contributed by atoms with E-state index in [1.807, 2.05) is 24.3 Å². The van der Waals surface area contributed by atoms with Crippen molar-refractivity contribution in [1.29, 1.82) is 0 Å². The van der Waals surface area contributed by atoms with Gasteiger partial charge in [-0.3, -0.25) is 9.59 Å². The molecular weight excluding hydrogens is 326 g/mol. The molecule has 0 fully saturated rings. The van der Waals surface area contributed by atoms with Crippen LogP contribution in [0.1, 0.15) is 24.0 Å². The van der Waals surface area contributed by atoms with Gasteiger partial charge in [-0.1, -0.05) is 24.3 Å². The summed E-state index contributed by atoms with van der Waals surface area (Å²) in [6.45, 7) is -0.187. The highest BCUT2D eigenvalue weighted by Gasteiger charge is 2.23. The zero-order valence-electron chi connectivity index (χ0n) is 13.6. The van der Waals surface area contributed by atoms with E-state index in [2.05, 4.69) is 5.32 Å². The van der Waals surface area contributed by atoms with Crippen LogP contribution in [0, 0.1) is 11.6 Å². The summed E-state index contributed by atoms with van der Waals surface area (Å²) in [7, 11) is 0. The molecule has 0 unspecified atom stereocenters. The number of carbonyl (C=O) groups is 2. The van der Waals surface area contributed by atoms with Gasteiger partial charge < -0.3 is 10.2 Å². The standard InChI is InChI=1S/C19H18F2N2O2/c20-15-9-8-14(16(21)10-15)11-22-18(24)12-23-17-6-2-1-4-13(17)5-3-7-19(23)25/h1-2,4,6,8-10H,3,5,7,11-12H2,(H,22,24). The Hall–Kier alpha value is -2.76. The molecule has 1 aliphatic rings. The van der Waals surface area contributed by atoms with E-state index in [4.69, 9.17) is 0 Å². The molecule has 25 heavy (non-hydrogen) atoms. The molecule has 4 nitrogen and oxygen atoms in total. The minimum Gasteiger partial charge on any atom is -0.350 e. The molecule has 3 rings (SSSR count). The summed E-state index contributed by atoms with van der Waals surface area (Å²) in [5.41, 5.74) is 1.97. The van der Waals surface area contributed by atoms with Crippen LogP contribution in [0.5, 0.6) is 0 Å². The molecule has 0 aromatic heterocycles. The normalized spacial score (nSPS) is 14.0. The highest BCUT2D eigenvalue weighted by Crippen LogP contribution is 2.26. The van der Waals surface area contributed by atoms with Crippen LogP contribution >= 0.6 is 0 Å². The van der Waals surface area contributed by atoms with Gasteiger partial charge in [0.2, 0.25) is 11.8 Å². The van der Waals surface area contributed by atoms with E-state index >= 15 is 0 Å². The molecule has 0 spiro atoms. The third kappa shape index (κ3) is 4.02. The average Bonchev–Trinajstić information content (AvgIpc) is 2.74. The van der Waals surface area contributed by atoms with Gasteiger partial charge in [0.25, 0.3) is 0 Å². The molecule has 1 aliphatic heterocycles. The second kappa shape index (κ2) is 7.42. The van der Waals surface area contributed by atoms with Crippen molar-refractivity contribution in [3.63, 3.8) is 0 Å². The number of halogens is 2. The van der Waals surface area contributed by atoms with Crippen molar-refractivity contribution < 1.29 is 18.4 Å². The van der Waals surface area contributed by atoms with Gasteiger partial charge in [0.1, 0.15) is 18.2 Å². The largest absolute Gasteiger partial charge is 0.350 e. The molecule has 0 aliphatic carbocycles. The molecule has 2 aromatic carbocycles. The predicted octanol–water partition coefficient (Wildman–Crippen LogP) is 2.95. The Morgan fingerprint density at radius 1 is 1.12 bits per heavy atom. The number of hydrogen-bond donors (Lipinski definition) is 1. The third-order valence-corrected chi connectivity index (χ3v) is 4.21. The van der Waals surface area contributed by atoms with Crippen molar-refractivity contribution >= 4 is 17.5 Å². The molecule has 1 heterocycles. The summed E-state index contributed by atoms with van der Waals surface area (Å²) in [5.74, 6) is -1.88. The average molecular weight is 344 g/mol. The first-order chi connectivity index (χ1) is 12.0. The van der Waals surface area contributed by atoms with Crippen LogP contribution in [-0.4, -0.2) is 18.4 Å². The van der Waals surface area contributed by atoms with Crippen molar-refractivity contribution in [2.24, 2.45) is 0 Å². The van der Waals surface area contributed by atoms with Crippen molar-refractivity contribution in [2.45, 2.75) is 25.8 Å². The van der Waals surface area contributed by atoms with Gasteiger partial charge >= 0.3 is 0 Å². The van der Waals surface area contributed by atoms with Crippen LogP contribution in [0.25, 0.3) is 0 Å². The van der Waals surface area contributed by atoms with Crippen molar-refractivity contribution in [2.75, 3.05) is 11.4 Å². The van der Waals surface area contributed by atoms with Crippen molar-refractivity contribution in [3.8, 4) is 0 Å². The number of para-hydroxylation sites is 1. The molecule has 2 aromatic rings. The molecule has 130 valence electrons. The van der Waals surface area contributed by atoms with Crippen LogP contribution in [0.4, 0.5) is 14.5 Å². The zero-order valence-corrected chi connectivity index (χ0v) is 13.6. The van der Waals surface area contributed by atoms with Crippen molar-refractivity contribution in [1.82, 2.24) is 5.32 Å². The monoisotopic (exact) mass is 344 g/mol. The van der Waals surface area contributed by atoms with Crippen LogP contribution in [0.15, 0.2) is 42.5 Å². The minimum atomic E-state index is -0.712. The number of anilines is 1. The van der Waals surface area contributed by atoms with Crippen LogP contribution in [0.2, 0.25) is 0 Å². The maximum absolute atomic E-state index is 13.6. The van der Waals surface area contributed by atoms with E-state index in [1.54, 1.807) is 0 Å². The summed E-state index contributed by atoms with van der Waals surface area (Å²) in [6, 6.07) is 10.7. The quantitative estimate of drug-likeness (QED) is 0.927. The fraction of sp³-hybridized carbons (Fsp3) is 0.263. The number of benzene rings is 2. The van der Waals surface area contributed by atoms with E-state index in [-0.39, 0.29) is 24.6 Å². The van der Waals surface area contributed by atoms with E-state index in [0.29, 0.717) is 6.42 Å². The lowest BCUT2D eigenvalue weighted by molar-refractivity contribution is -0.123. The first kappa shape index (κ1) is 17.1. The Morgan fingerprint density at radius 3 is 2.72 bits per heavy atom. The lowest BCUT2D eigenvalue weighted by atomic mass is 10.1. The smallest absolute Gasteiger partial charge is 0.240 e. The highest BCUT2D eigenvalue weighted by atomic mass is 19.1. The van der Waals surface area contributed by atoms with Crippen LogP contribution in [-0.2, 0) is 22.6 Å². The van der Waals surface area contributed by atoms with Gasteiger partial charge in [-0.05, 0) is 30.5 Å². The maximum Gasteiger partial charge on any atom is 0.240 e. The van der Waals surface area contributed by atoms with Gasteiger partial charge in [-0.15, -0.1) is 0 Å². The zero-order chi connectivity index (χ0) is 17.8. The molecule has 6 heteroatoms. The second-order valence-corrected chi connectivity index (χ2v) is 5.97. The maximum atomic E-state index is 13.6. The fourth-order valence-corrected chi connectivity index (χ4v) is 2.92. The van der Waals surface area contributed by atoms with Gasteiger partial charge in [-0.25, -0.2) is 8.78 Å². The Bertz CT molecular complexity index is 808. The summed E-state index contributed by atoms with van der Waals surface area (Å²) in [5, 5.41) is 2.58.